The van der Waals surface area contributed by atoms with E-state index < -0.39 is 6.10 Å². The second-order valence-electron chi connectivity index (χ2n) is 21.7. The first-order chi connectivity index (χ1) is 37.5. The second-order valence-corrected chi connectivity index (χ2v) is 21.7. The maximum absolute atomic E-state index is 12.8. The maximum Gasteiger partial charge on any atom is 0.306 e. The Balaban J connectivity index is 4.11. The monoisotopic (exact) mass is 1060 g/mol. The molecule has 0 aliphatic carbocycles. The molecule has 0 N–H and O–H groups in total. The smallest absolute Gasteiger partial charge is 0.306 e. The molecule has 0 radical (unpaired) electrons. The van der Waals surface area contributed by atoms with Crippen molar-refractivity contribution in [3.8, 4) is 0 Å². The Morgan fingerprint density at radius 3 is 0.789 bits per heavy atom. The summed E-state index contributed by atoms with van der Waals surface area (Å²) in [5, 5.41) is 0. The highest BCUT2D eigenvalue weighted by Gasteiger charge is 2.19. The number of unbranched alkanes of at least 4 members (excludes halogenated alkanes) is 34. The van der Waals surface area contributed by atoms with Crippen molar-refractivity contribution in [2.45, 2.75) is 329 Å². The minimum atomic E-state index is -0.804. The zero-order valence-electron chi connectivity index (χ0n) is 50.3. The van der Waals surface area contributed by atoms with Crippen molar-refractivity contribution in [3.05, 3.63) is 85.1 Å². The fraction of sp³-hybridized carbons (Fsp3) is 0.757. The summed E-state index contributed by atoms with van der Waals surface area (Å²) in [4.78, 5) is 38.0. The van der Waals surface area contributed by atoms with Gasteiger partial charge in [-0.15, -0.1) is 0 Å². The van der Waals surface area contributed by atoms with Crippen LogP contribution >= 0.6 is 0 Å². The van der Waals surface area contributed by atoms with Crippen LogP contribution in [0.1, 0.15) is 323 Å². The summed E-state index contributed by atoms with van der Waals surface area (Å²) in [7, 11) is 0. The number of carbonyl (C=O) groups is 3. The number of carbonyl (C=O) groups excluding carboxylic acids is 3. The lowest BCUT2D eigenvalue weighted by atomic mass is 10.0. The molecule has 0 fully saturated rings. The van der Waals surface area contributed by atoms with Crippen molar-refractivity contribution in [3.63, 3.8) is 0 Å². The maximum atomic E-state index is 12.8. The molecule has 0 aliphatic rings. The van der Waals surface area contributed by atoms with Crippen molar-refractivity contribution in [2.24, 2.45) is 0 Å². The van der Waals surface area contributed by atoms with E-state index >= 15 is 0 Å². The Kier molecular flexibility index (Phi) is 61.2. The van der Waals surface area contributed by atoms with Gasteiger partial charge in [0.25, 0.3) is 0 Å². The van der Waals surface area contributed by atoms with Gasteiger partial charge in [0.15, 0.2) is 6.10 Å². The molecule has 0 spiro atoms. The van der Waals surface area contributed by atoms with Crippen molar-refractivity contribution in [1.29, 1.82) is 0 Å². The van der Waals surface area contributed by atoms with E-state index in [0.29, 0.717) is 19.3 Å². The third-order valence-electron chi connectivity index (χ3n) is 14.2. The molecule has 0 aromatic heterocycles. The van der Waals surface area contributed by atoms with Crippen LogP contribution in [-0.4, -0.2) is 37.2 Å². The molecule has 0 aromatic carbocycles. The minimum Gasteiger partial charge on any atom is -0.462 e. The molecule has 0 aliphatic heterocycles. The Hall–Kier alpha value is -3.41. The third kappa shape index (κ3) is 61.4. The summed E-state index contributed by atoms with van der Waals surface area (Å²) in [6.45, 7) is 6.45. The van der Waals surface area contributed by atoms with Gasteiger partial charge in [0, 0.05) is 19.3 Å². The summed E-state index contributed by atoms with van der Waals surface area (Å²) >= 11 is 0. The quantitative estimate of drug-likeness (QED) is 0.0261. The van der Waals surface area contributed by atoms with Gasteiger partial charge in [-0.1, -0.05) is 318 Å². The fourth-order valence-corrected chi connectivity index (χ4v) is 9.32. The molecular formula is C70H122O6. The normalized spacial score (nSPS) is 12.6. The van der Waals surface area contributed by atoms with E-state index in [2.05, 4.69) is 106 Å². The van der Waals surface area contributed by atoms with Gasteiger partial charge in [-0.3, -0.25) is 14.4 Å². The highest BCUT2D eigenvalue weighted by molar-refractivity contribution is 5.71. The van der Waals surface area contributed by atoms with Crippen LogP contribution in [0.3, 0.4) is 0 Å². The van der Waals surface area contributed by atoms with Crippen LogP contribution in [-0.2, 0) is 28.6 Å². The summed E-state index contributed by atoms with van der Waals surface area (Å²) in [6, 6.07) is 0. The summed E-state index contributed by atoms with van der Waals surface area (Å²) < 4.78 is 16.7. The summed E-state index contributed by atoms with van der Waals surface area (Å²) in [5.74, 6) is -0.957. The standard InChI is InChI=1S/C70H122O6/c1-4-7-10-13-16-18-20-22-24-26-28-30-32-33-34-35-36-37-39-40-42-44-46-48-50-52-54-57-60-63-69(72)75-66-67(65-74-68(71)62-59-56-15-12-9-6-3)76-70(73)64-61-58-55-53-51-49-47-45-43-41-38-31-29-27-25-23-21-19-17-14-11-8-5-2/h8,11,17,19,23,25,29,31,41,43,47,49,53,55,67H,4-7,9-10,12-16,18,20-22,24,26-28,30,32-40,42,44-46,48,50-52,54,56-66H2,1-3H3/b11-8-,19-17-,25-23-,31-29-,43-41-,49-47-,55-53-. The van der Waals surface area contributed by atoms with Crippen LogP contribution in [0.15, 0.2) is 85.1 Å². The predicted molar refractivity (Wildman–Crippen MR) is 330 cm³/mol. The van der Waals surface area contributed by atoms with Crippen molar-refractivity contribution in [2.75, 3.05) is 13.2 Å². The van der Waals surface area contributed by atoms with Gasteiger partial charge in [0.05, 0.1) is 0 Å². The van der Waals surface area contributed by atoms with E-state index in [1.54, 1.807) is 0 Å². The number of rotatable bonds is 59. The van der Waals surface area contributed by atoms with E-state index in [1.165, 1.54) is 186 Å². The Morgan fingerprint density at radius 1 is 0.276 bits per heavy atom. The van der Waals surface area contributed by atoms with Crippen molar-refractivity contribution in [1.82, 2.24) is 0 Å². The number of allylic oxidation sites excluding steroid dienone is 14. The van der Waals surface area contributed by atoms with E-state index in [1.807, 2.05) is 0 Å². The van der Waals surface area contributed by atoms with Crippen LogP contribution in [0, 0.1) is 0 Å². The van der Waals surface area contributed by atoms with Gasteiger partial charge < -0.3 is 14.2 Å². The number of hydrogen-bond acceptors (Lipinski definition) is 6. The first-order valence-electron chi connectivity index (χ1n) is 32.6. The average Bonchev–Trinajstić information content (AvgIpc) is 3.42. The summed E-state index contributed by atoms with van der Waals surface area (Å²) in [6.07, 6.45) is 85.1. The molecular weight excluding hydrogens is 937 g/mol. The predicted octanol–water partition coefficient (Wildman–Crippen LogP) is 22.3. The van der Waals surface area contributed by atoms with Gasteiger partial charge in [0.1, 0.15) is 13.2 Å². The Bertz CT molecular complexity index is 1450. The van der Waals surface area contributed by atoms with Gasteiger partial charge in [-0.2, -0.15) is 0 Å². The molecule has 6 nitrogen and oxygen atoms in total. The molecule has 1 atom stereocenters. The van der Waals surface area contributed by atoms with Gasteiger partial charge >= 0.3 is 17.9 Å². The van der Waals surface area contributed by atoms with Crippen LogP contribution in [0.2, 0.25) is 0 Å². The number of ether oxygens (including phenoxy) is 3. The van der Waals surface area contributed by atoms with E-state index in [-0.39, 0.29) is 37.5 Å². The third-order valence-corrected chi connectivity index (χ3v) is 14.2. The molecule has 0 saturated carbocycles. The molecule has 438 valence electrons. The molecule has 0 rings (SSSR count). The zero-order valence-corrected chi connectivity index (χ0v) is 50.3. The molecule has 0 saturated heterocycles. The topological polar surface area (TPSA) is 78.9 Å². The largest absolute Gasteiger partial charge is 0.462 e. The van der Waals surface area contributed by atoms with Gasteiger partial charge in [-0.25, -0.2) is 0 Å². The van der Waals surface area contributed by atoms with Crippen molar-refractivity contribution >= 4 is 17.9 Å². The zero-order chi connectivity index (χ0) is 55.0. The van der Waals surface area contributed by atoms with E-state index in [0.717, 1.165) is 89.9 Å². The van der Waals surface area contributed by atoms with E-state index in [4.69, 9.17) is 14.2 Å². The number of hydrogen-bond donors (Lipinski definition) is 0. The van der Waals surface area contributed by atoms with Gasteiger partial charge in [-0.05, 0) is 70.6 Å². The number of esters is 3. The molecule has 76 heavy (non-hydrogen) atoms. The lowest BCUT2D eigenvalue weighted by molar-refractivity contribution is -0.167. The molecule has 0 heterocycles. The Morgan fingerprint density at radius 2 is 0.513 bits per heavy atom. The molecule has 1 unspecified atom stereocenters. The van der Waals surface area contributed by atoms with E-state index in [9.17, 15) is 14.4 Å². The highest BCUT2D eigenvalue weighted by atomic mass is 16.6. The van der Waals surface area contributed by atoms with Gasteiger partial charge in [0.2, 0.25) is 0 Å². The second kappa shape index (κ2) is 64.1. The van der Waals surface area contributed by atoms with Crippen molar-refractivity contribution < 1.29 is 28.6 Å². The van der Waals surface area contributed by atoms with Crippen LogP contribution in [0.4, 0.5) is 0 Å². The summed E-state index contributed by atoms with van der Waals surface area (Å²) in [5.41, 5.74) is 0. The molecule has 0 aromatic rings. The SMILES string of the molecule is CC/C=C\C/C=C\C/C=C\C/C=C\C/C=C\C/C=C\C/C=C\CCCC(=O)OC(COC(=O)CCCCCCCC)COC(=O)CCCCCCCCCCCCCCCCCCCCCCCCCCCCCCC. The van der Waals surface area contributed by atoms with Crippen LogP contribution < -0.4 is 0 Å². The Labute approximate surface area is 471 Å². The van der Waals surface area contributed by atoms with Crippen LogP contribution in [0.25, 0.3) is 0 Å². The fourth-order valence-electron chi connectivity index (χ4n) is 9.32. The average molecular weight is 1060 g/mol. The van der Waals surface area contributed by atoms with Crippen LogP contribution in [0.5, 0.6) is 0 Å². The minimum absolute atomic E-state index is 0.0969. The molecule has 0 amide bonds. The lowest BCUT2D eigenvalue weighted by Gasteiger charge is -2.18. The molecule has 6 heteroatoms. The first-order valence-corrected chi connectivity index (χ1v) is 32.6. The highest BCUT2D eigenvalue weighted by Crippen LogP contribution is 2.17. The first kappa shape index (κ1) is 72.6. The molecule has 0 bridgehead atoms. The lowest BCUT2D eigenvalue weighted by Crippen LogP contribution is -2.30.